The third kappa shape index (κ3) is 9.81. The van der Waals surface area contributed by atoms with Gasteiger partial charge in [0.2, 0.25) is 0 Å². The molecule has 0 saturated carbocycles. The zero-order chi connectivity index (χ0) is 60.6. The van der Waals surface area contributed by atoms with Gasteiger partial charge in [-0.15, -0.1) is 0 Å². The first kappa shape index (κ1) is 55.5. The van der Waals surface area contributed by atoms with Gasteiger partial charge in [0.05, 0.1) is 48.1 Å². The van der Waals surface area contributed by atoms with Crippen molar-refractivity contribution >= 4 is 68.2 Å². The number of hydrogen-bond acceptors (Lipinski definition) is 10. The Morgan fingerprint density at radius 1 is 0.191 bits per heavy atom. The number of methoxy groups -OCH3 is 6. The minimum absolute atomic E-state index is 0.769. The van der Waals surface area contributed by atoms with Crippen LogP contribution in [0.5, 0.6) is 34.5 Å². The molecule has 0 aliphatic heterocycles. The number of fused-ring (bicyclic) bond motifs is 10. The third-order valence-corrected chi connectivity index (χ3v) is 17.3. The van der Waals surface area contributed by atoms with Gasteiger partial charge in [-0.05, 0) is 263 Å². The molecule has 0 amide bonds. The quantitative estimate of drug-likeness (QED) is 0.0830. The SMILES string of the molecule is COc1ccc(N(c2ccccc2)c2ccc3c(c2)C2(c4cc(N(c5ccccc5)c5ccc(OC)cc5)ccc4-3)c3cc(N(c4ccc(OC)cc4)c4ccc(OC)cc4)ccc3-c3ccc(N(c4ccc(OC)cc4)c4ccc(OC)cc4)cc32)cc1. The average Bonchev–Trinajstić information content (AvgIpc) is 1.51. The number of ether oxygens (including phenoxy) is 6. The van der Waals surface area contributed by atoms with E-state index in [0.29, 0.717) is 0 Å². The Morgan fingerprint density at radius 2 is 0.360 bits per heavy atom. The molecular weight excluding hydrogens is 1100 g/mol. The Balaban J connectivity index is 1.09. The molecule has 0 N–H and O–H groups in total. The first-order valence-corrected chi connectivity index (χ1v) is 29.6. The van der Waals surface area contributed by atoms with Crippen LogP contribution in [0, 0.1) is 0 Å². The fourth-order valence-electron chi connectivity index (χ4n) is 13.1. The van der Waals surface area contributed by atoms with E-state index in [1.807, 2.05) is 72.8 Å². The van der Waals surface area contributed by atoms with E-state index < -0.39 is 5.41 Å². The second-order valence-electron chi connectivity index (χ2n) is 21.9. The Labute approximate surface area is 519 Å². The van der Waals surface area contributed by atoms with Crippen LogP contribution in [0.2, 0.25) is 0 Å². The molecule has 2 aliphatic carbocycles. The highest BCUT2D eigenvalue weighted by Gasteiger charge is 2.53. The number of nitrogens with zero attached hydrogens (tertiary/aromatic N) is 4. The number of para-hydroxylation sites is 2. The first-order chi connectivity index (χ1) is 43.8. The smallest absolute Gasteiger partial charge is 0.119 e. The highest BCUT2D eigenvalue weighted by Crippen LogP contribution is 2.65. The summed E-state index contributed by atoms with van der Waals surface area (Å²) in [6.45, 7) is 0. The number of benzene rings is 12. The van der Waals surface area contributed by atoms with E-state index in [0.717, 1.165) is 147 Å². The van der Waals surface area contributed by atoms with Crippen LogP contribution in [-0.4, -0.2) is 42.7 Å². The zero-order valence-corrected chi connectivity index (χ0v) is 50.3. The van der Waals surface area contributed by atoms with Crippen LogP contribution in [0.25, 0.3) is 22.3 Å². The summed E-state index contributed by atoms with van der Waals surface area (Å²) in [5, 5.41) is 0. The average molecular weight is 1170 g/mol. The molecule has 0 fully saturated rings. The van der Waals surface area contributed by atoms with Gasteiger partial charge in [-0.25, -0.2) is 0 Å². The van der Waals surface area contributed by atoms with Crippen LogP contribution < -0.4 is 48.0 Å². The van der Waals surface area contributed by atoms with E-state index in [9.17, 15) is 0 Å². The molecule has 1 spiro atoms. The normalized spacial score (nSPS) is 12.0. The first-order valence-electron chi connectivity index (χ1n) is 29.6. The van der Waals surface area contributed by atoms with E-state index in [-0.39, 0.29) is 0 Å². The van der Waals surface area contributed by atoms with Crippen molar-refractivity contribution in [2.45, 2.75) is 5.41 Å². The van der Waals surface area contributed by atoms with Gasteiger partial charge in [0, 0.05) is 68.2 Å². The van der Waals surface area contributed by atoms with Gasteiger partial charge in [-0.3, -0.25) is 0 Å². The fourth-order valence-corrected chi connectivity index (χ4v) is 13.1. The molecule has 436 valence electrons. The lowest BCUT2D eigenvalue weighted by molar-refractivity contribution is 0.414. The number of anilines is 12. The summed E-state index contributed by atoms with van der Waals surface area (Å²) >= 11 is 0. The highest BCUT2D eigenvalue weighted by molar-refractivity contribution is 6.00. The molecule has 10 heteroatoms. The van der Waals surface area contributed by atoms with Crippen molar-refractivity contribution in [1.29, 1.82) is 0 Å². The highest BCUT2D eigenvalue weighted by atomic mass is 16.5. The topological polar surface area (TPSA) is 68.3 Å². The molecule has 14 rings (SSSR count). The summed E-state index contributed by atoms with van der Waals surface area (Å²) in [5.74, 6) is 4.63. The molecule has 0 unspecified atom stereocenters. The van der Waals surface area contributed by atoms with Gasteiger partial charge in [0.15, 0.2) is 0 Å². The van der Waals surface area contributed by atoms with E-state index in [1.165, 1.54) is 0 Å². The molecular formula is C79H64N4O6. The molecule has 0 radical (unpaired) electrons. The number of rotatable bonds is 18. The molecule has 10 nitrogen and oxygen atoms in total. The van der Waals surface area contributed by atoms with Gasteiger partial charge in [0.25, 0.3) is 0 Å². The molecule has 0 heterocycles. The van der Waals surface area contributed by atoms with Gasteiger partial charge in [-0.2, -0.15) is 0 Å². The van der Waals surface area contributed by atoms with E-state index in [4.69, 9.17) is 28.4 Å². The van der Waals surface area contributed by atoms with Crippen LogP contribution in [0.1, 0.15) is 22.3 Å². The molecule has 12 aromatic carbocycles. The third-order valence-electron chi connectivity index (χ3n) is 17.3. The lowest BCUT2D eigenvalue weighted by atomic mass is 9.70. The fraction of sp³-hybridized carbons (Fsp3) is 0.0886. The molecule has 0 bridgehead atoms. The lowest BCUT2D eigenvalue weighted by Gasteiger charge is -2.35. The minimum Gasteiger partial charge on any atom is -0.497 e. The van der Waals surface area contributed by atoms with Crippen LogP contribution in [0.4, 0.5) is 68.2 Å². The number of hydrogen-bond donors (Lipinski definition) is 0. The van der Waals surface area contributed by atoms with Gasteiger partial charge >= 0.3 is 0 Å². The maximum absolute atomic E-state index is 5.74. The van der Waals surface area contributed by atoms with E-state index in [2.05, 4.69) is 226 Å². The monoisotopic (exact) mass is 1160 g/mol. The lowest BCUT2D eigenvalue weighted by Crippen LogP contribution is -2.27. The molecule has 0 atom stereocenters. The summed E-state index contributed by atoms with van der Waals surface area (Å²) in [4.78, 5) is 9.33. The van der Waals surface area contributed by atoms with Crippen molar-refractivity contribution < 1.29 is 28.4 Å². The molecule has 12 aromatic rings. The van der Waals surface area contributed by atoms with Gasteiger partial charge < -0.3 is 48.0 Å². The Bertz CT molecular complexity index is 4100. The zero-order valence-electron chi connectivity index (χ0n) is 50.3. The summed E-state index contributed by atoms with van der Waals surface area (Å²) in [7, 11) is 10.2. The van der Waals surface area contributed by atoms with Crippen molar-refractivity contribution in [2.24, 2.45) is 0 Å². The molecule has 0 saturated heterocycles. The van der Waals surface area contributed by atoms with Crippen molar-refractivity contribution in [3.63, 3.8) is 0 Å². The Kier molecular flexibility index (Phi) is 14.6. The summed E-state index contributed by atoms with van der Waals surface area (Å²) < 4.78 is 34.4. The van der Waals surface area contributed by atoms with E-state index in [1.54, 1.807) is 42.7 Å². The maximum atomic E-state index is 5.74. The van der Waals surface area contributed by atoms with Crippen LogP contribution in [-0.2, 0) is 5.41 Å². The summed E-state index contributed by atoms with van der Waals surface area (Å²) in [5.41, 5.74) is 19.9. The standard InChI is InChI=1S/C79H64N4O6/c1-84-65-33-17-55(18-34-65)80(53-13-9-7-10-14-53)61-29-45-71-72-46-30-62(81(54-15-11-8-12-16-54)56-19-35-66(85-2)36-20-56)50-76(72)79(75(71)49-61)77-51-63(82(57-21-37-67(86-3)38-22-57)58-23-39-68(87-4)40-24-58)31-47-73(77)74-48-32-64(52-78(74)79)83(59-25-41-69(88-5)42-26-59)60-27-43-70(89-6)44-28-60/h7-52H,1-6H3. The summed E-state index contributed by atoms with van der Waals surface area (Å²) in [6.07, 6.45) is 0. The second-order valence-corrected chi connectivity index (χ2v) is 21.9. The predicted molar refractivity (Wildman–Crippen MR) is 361 cm³/mol. The van der Waals surface area contributed by atoms with Crippen molar-refractivity contribution in [3.05, 3.63) is 301 Å². The molecule has 89 heavy (non-hydrogen) atoms. The van der Waals surface area contributed by atoms with Crippen molar-refractivity contribution in [1.82, 2.24) is 0 Å². The van der Waals surface area contributed by atoms with E-state index >= 15 is 0 Å². The summed E-state index contributed by atoms with van der Waals surface area (Å²) in [6, 6.07) is 99.1. The molecule has 2 aliphatic rings. The van der Waals surface area contributed by atoms with Crippen LogP contribution in [0.3, 0.4) is 0 Å². The van der Waals surface area contributed by atoms with Gasteiger partial charge in [0.1, 0.15) is 34.5 Å². The second kappa shape index (κ2) is 23.5. The molecule has 0 aromatic heterocycles. The van der Waals surface area contributed by atoms with Crippen molar-refractivity contribution in [3.8, 4) is 56.8 Å². The Morgan fingerprint density at radius 3 is 0.539 bits per heavy atom. The van der Waals surface area contributed by atoms with Crippen molar-refractivity contribution in [2.75, 3.05) is 62.3 Å². The van der Waals surface area contributed by atoms with Crippen LogP contribution in [0.15, 0.2) is 279 Å². The predicted octanol–water partition coefficient (Wildman–Crippen LogP) is 20.0. The minimum atomic E-state index is -0.963. The maximum Gasteiger partial charge on any atom is 0.119 e. The Hall–Kier alpha value is -11.4. The van der Waals surface area contributed by atoms with Crippen LogP contribution >= 0.6 is 0 Å². The largest absolute Gasteiger partial charge is 0.497 e. The van der Waals surface area contributed by atoms with Gasteiger partial charge in [-0.1, -0.05) is 60.7 Å².